The summed E-state index contributed by atoms with van der Waals surface area (Å²) in [5, 5.41) is 3.27. The Balaban J connectivity index is 0.000000615. The van der Waals surface area contributed by atoms with Gasteiger partial charge in [-0.2, -0.15) is 0 Å². The number of ether oxygens (including phenoxy) is 1. The molecule has 1 aromatic carbocycles. The fourth-order valence-electron chi connectivity index (χ4n) is 2.46. The number of benzene rings is 1. The molecule has 1 unspecified atom stereocenters. The van der Waals surface area contributed by atoms with Crippen LogP contribution in [0.15, 0.2) is 24.4 Å². The van der Waals surface area contributed by atoms with Crippen LogP contribution in [0.2, 0.25) is 0 Å². The molecule has 26 heavy (non-hydrogen) atoms. The lowest BCUT2D eigenvalue weighted by Crippen LogP contribution is -2.20. The van der Waals surface area contributed by atoms with E-state index >= 15 is 0 Å². The monoisotopic (exact) mass is 362 g/mol. The molecule has 0 radical (unpaired) electrons. The van der Waals surface area contributed by atoms with E-state index < -0.39 is 0 Å². The molecule has 2 heterocycles. The number of carbonyl (C=O) groups excluding carboxylic acids is 1. The third-order valence-electron chi connectivity index (χ3n) is 3.71. The zero-order valence-electron chi connectivity index (χ0n) is 15.8. The van der Waals surface area contributed by atoms with E-state index in [0.29, 0.717) is 18.1 Å². The molecule has 0 aliphatic carbocycles. The van der Waals surface area contributed by atoms with Gasteiger partial charge in [0.15, 0.2) is 0 Å². The summed E-state index contributed by atoms with van der Waals surface area (Å²) in [5.74, 6) is 0.419. The van der Waals surface area contributed by atoms with Gasteiger partial charge in [-0.25, -0.2) is 14.4 Å². The number of anilines is 1. The van der Waals surface area contributed by atoms with Crippen molar-refractivity contribution in [3.05, 3.63) is 41.5 Å². The van der Waals surface area contributed by atoms with E-state index in [2.05, 4.69) is 21.0 Å². The van der Waals surface area contributed by atoms with Crippen molar-refractivity contribution in [2.45, 2.75) is 40.2 Å². The number of amides is 1. The molecule has 142 valence electrons. The standard InChI is InChI=1S/C16H18FN3O.C2H6.CH3NO/c1-10-7-12(3-4-15(10)17)14-8-18-16(19-11(14)2)20-13-5-6-21-9-13;1-2;2-1-3/h3-4,7-8,13H,5-6,9H2,1-2H3,(H,18,19,20);1-2H3;1H,(H2,2,3). The van der Waals surface area contributed by atoms with Gasteiger partial charge in [0.1, 0.15) is 5.82 Å². The molecule has 1 fully saturated rings. The van der Waals surface area contributed by atoms with Crippen molar-refractivity contribution in [3.63, 3.8) is 0 Å². The number of hydrogen-bond donors (Lipinski definition) is 2. The third kappa shape index (κ3) is 6.07. The molecule has 1 aliphatic heterocycles. The minimum absolute atomic E-state index is 0.197. The maximum Gasteiger partial charge on any atom is 0.223 e. The average Bonchev–Trinajstić information content (AvgIpc) is 3.13. The highest BCUT2D eigenvalue weighted by atomic mass is 19.1. The second-order valence-corrected chi connectivity index (χ2v) is 5.50. The molecule has 2 aromatic rings. The molecule has 7 heteroatoms. The van der Waals surface area contributed by atoms with Crippen LogP contribution in [0.4, 0.5) is 10.3 Å². The van der Waals surface area contributed by atoms with Gasteiger partial charge >= 0.3 is 0 Å². The summed E-state index contributed by atoms with van der Waals surface area (Å²) in [4.78, 5) is 17.4. The van der Waals surface area contributed by atoms with Crippen LogP contribution in [0.25, 0.3) is 11.1 Å². The number of hydrogen-bond acceptors (Lipinski definition) is 5. The van der Waals surface area contributed by atoms with E-state index in [1.54, 1.807) is 19.2 Å². The lowest BCUT2D eigenvalue weighted by Gasteiger charge is -2.12. The van der Waals surface area contributed by atoms with Crippen molar-refractivity contribution in [3.8, 4) is 11.1 Å². The number of nitrogens with two attached hydrogens (primary N) is 1. The van der Waals surface area contributed by atoms with Crippen LogP contribution in [0.1, 0.15) is 31.5 Å². The molecule has 1 aromatic heterocycles. The van der Waals surface area contributed by atoms with E-state index in [0.717, 1.165) is 29.8 Å². The fraction of sp³-hybridized carbons (Fsp3) is 0.421. The lowest BCUT2D eigenvalue weighted by molar-refractivity contribution is -0.106. The Labute approximate surface area is 154 Å². The van der Waals surface area contributed by atoms with Crippen molar-refractivity contribution in [2.75, 3.05) is 18.5 Å². The minimum Gasteiger partial charge on any atom is -0.379 e. The van der Waals surface area contributed by atoms with Gasteiger partial charge in [0.2, 0.25) is 12.4 Å². The lowest BCUT2D eigenvalue weighted by atomic mass is 10.0. The predicted molar refractivity (Wildman–Crippen MR) is 101 cm³/mol. The SMILES string of the molecule is CC.Cc1cc(-c2cnc(NC3CCOC3)nc2C)ccc1F.NC=O. The highest BCUT2D eigenvalue weighted by molar-refractivity contribution is 5.66. The molecule has 3 N–H and O–H groups in total. The first-order valence-electron chi connectivity index (χ1n) is 8.65. The number of nitrogens with one attached hydrogen (secondary N) is 1. The highest BCUT2D eigenvalue weighted by Crippen LogP contribution is 2.24. The number of nitrogens with zero attached hydrogens (tertiary/aromatic N) is 2. The van der Waals surface area contributed by atoms with Gasteiger partial charge in [-0.1, -0.05) is 19.9 Å². The zero-order chi connectivity index (χ0) is 19.5. The quantitative estimate of drug-likeness (QED) is 0.818. The molecule has 0 bridgehead atoms. The first-order chi connectivity index (χ1) is 12.5. The smallest absolute Gasteiger partial charge is 0.223 e. The maximum atomic E-state index is 13.4. The van der Waals surface area contributed by atoms with Gasteiger partial charge < -0.3 is 15.8 Å². The Kier molecular flexibility index (Phi) is 9.22. The Morgan fingerprint density at radius 3 is 2.58 bits per heavy atom. The van der Waals surface area contributed by atoms with Crippen molar-refractivity contribution in [1.82, 2.24) is 9.97 Å². The summed E-state index contributed by atoms with van der Waals surface area (Å²) < 4.78 is 18.7. The summed E-state index contributed by atoms with van der Waals surface area (Å²) in [6, 6.07) is 5.33. The topological polar surface area (TPSA) is 90.1 Å². The number of aromatic nitrogens is 2. The molecular weight excluding hydrogens is 335 g/mol. The normalized spacial score (nSPS) is 15.2. The Morgan fingerprint density at radius 1 is 1.35 bits per heavy atom. The van der Waals surface area contributed by atoms with Crippen LogP contribution in [-0.4, -0.2) is 35.6 Å². The van der Waals surface area contributed by atoms with E-state index in [-0.39, 0.29) is 18.3 Å². The van der Waals surface area contributed by atoms with Gasteiger partial charge in [0.05, 0.1) is 18.3 Å². The maximum absolute atomic E-state index is 13.4. The van der Waals surface area contributed by atoms with Crippen molar-refractivity contribution < 1.29 is 13.9 Å². The van der Waals surface area contributed by atoms with E-state index in [4.69, 9.17) is 9.53 Å². The zero-order valence-corrected chi connectivity index (χ0v) is 15.8. The Morgan fingerprint density at radius 2 is 2.04 bits per heavy atom. The number of halogens is 1. The molecule has 3 rings (SSSR count). The first-order valence-corrected chi connectivity index (χ1v) is 8.65. The van der Waals surface area contributed by atoms with Crippen LogP contribution < -0.4 is 11.1 Å². The first kappa shape index (κ1) is 21.5. The van der Waals surface area contributed by atoms with Gasteiger partial charge in [0.25, 0.3) is 0 Å². The van der Waals surface area contributed by atoms with Gasteiger partial charge in [-0.15, -0.1) is 0 Å². The molecular formula is C19H27FN4O2. The molecule has 1 aliphatic rings. The number of primary amides is 1. The van der Waals surface area contributed by atoms with E-state index in [9.17, 15) is 4.39 Å². The van der Waals surface area contributed by atoms with Crippen molar-refractivity contribution in [2.24, 2.45) is 5.73 Å². The van der Waals surface area contributed by atoms with Gasteiger partial charge in [0, 0.05) is 18.4 Å². The van der Waals surface area contributed by atoms with Gasteiger partial charge in [-0.3, -0.25) is 4.79 Å². The van der Waals surface area contributed by atoms with Crippen LogP contribution in [0.3, 0.4) is 0 Å². The van der Waals surface area contributed by atoms with Crippen LogP contribution in [-0.2, 0) is 9.53 Å². The van der Waals surface area contributed by atoms with Crippen LogP contribution >= 0.6 is 0 Å². The molecule has 1 amide bonds. The van der Waals surface area contributed by atoms with E-state index in [1.165, 1.54) is 6.07 Å². The average molecular weight is 362 g/mol. The van der Waals surface area contributed by atoms with E-state index in [1.807, 2.05) is 26.8 Å². The largest absolute Gasteiger partial charge is 0.379 e. The molecule has 0 saturated carbocycles. The second kappa shape index (κ2) is 11.1. The Hall–Kier alpha value is -2.54. The summed E-state index contributed by atoms with van der Waals surface area (Å²) in [6.45, 7) is 9.17. The van der Waals surface area contributed by atoms with Gasteiger partial charge in [-0.05, 0) is 43.5 Å². The highest BCUT2D eigenvalue weighted by Gasteiger charge is 2.16. The van der Waals surface area contributed by atoms with Crippen LogP contribution in [0, 0.1) is 19.7 Å². The predicted octanol–water partition coefficient (Wildman–Crippen LogP) is 3.23. The fourth-order valence-corrected chi connectivity index (χ4v) is 2.46. The van der Waals surface area contributed by atoms with Crippen LogP contribution in [0.5, 0.6) is 0 Å². The summed E-state index contributed by atoms with van der Waals surface area (Å²) in [7, 11) is 0. The number of aryl methyl sites for hydroxylation is 2. The Bertz CT molecular complexity index is 704. The number of rotatable bonds is 3. The third-order valence-corrected chi connectivity index (χ3v) is 3.71. The molecule has 1 atom stereocenters. The number of carbonyl (C=O) groups is 1. The molecule has 1 saturated heterocycles. The summed E-state index contributed by atoms with van der Waals surface area (Å²) >= 11 is 0. The molecule has 0 spiro atoms. The minimum atomic E-state index is -0.197. The second-order valence-electron chi connectivity index (χ2n) is 5.50. The van der Waals surface area contributed by atoms with Crippen molar-refractivity contribution in [1.29, 1.82) is 0 Å². The summed E-state index contributed by atoms with van der Waals surface area (Å²) in [5.41, 5.74) is 7.52. The molecule has 6 nitrogen and oxygen atoms in total. The van der Waals surface area contributed by atoms with Crippen molar-refractivity contribution >= 4 is 12.4 Å². The summed E-state index contributed by atoms with van der Waals surface area (Å²) in [6.07, 6.45) is 3.01.